The third-order valence-electron chi connectivity index (χ3n) is 6.81. The highest BCUT2D eigenvalue weighted by Gasteiger charge is 2.35. The first-order valence-corrected chi connectivity index (χ1v) is 13.2. The van der Waals surface area contributed by atoms with Gasteiger partial charge in [0.25, 0.3) is 5.91 Å². The van der Waals surface area contributed by atoms with E-state index in [0.717, 1.165) is 17.0 Å². The fourth-order valence-corrected chi connectivity index (χ4v) is 4.85. The third-order valence-corrected chi connectivity index (χ3v) is 6.81. The molecular weight excluding hydrogens is 542 g/mol. The maximum Gasteiger partial charge on any atom is 0.414 e. The van der Waals surface area contributed by atoms with Crippen molar-refractivity contribution in [2.75, 3.05) is 49.1 Å². The van der Waals surface area contributed by atoms with Gasteiger partial charge in [0.2, 0.25) is 5.91 Å². The smallest absolute Gasteiger partial charge is 0.414 e. The van der Waals surface area contributed by atoms with Crippen LogP contribution in [0.25, 0.3) is 0 Å². The van der Waals surface area contributed by atoms with Crippen LogP contribution in [0.15, 0.2) is 36.7 Å². The summed E-state index contributed by atoms with van der Waals surface area (Å²) in [6, 6.07) is 4.52. The predicted octanol–water partition coefficient (Wildman–Crippen LogP) is 2.45. The fraction of sp³-hybridized carbons (Fsp3) is 0.444. The Morgan fingerprint density at radius 3 is 2.41 bits per heavy atom. The number of ether oxygens (including phenoxy) is 1. The zero-order chi connectivity index (χ0) is 29.7. The van der Waals surface area contributed by atoms with Gasteiger partial charge in [-0.1, -0.05) is 13.8 Å². The molecule has 2 aliphatic heterocycles. The van der Waals surface area contributed by atoms with Crippen molar-refractivity contribution < 1.29 is 37.8 Å². The molecule has 12 nitrogen and oxygen atoms in total. The number of aromatic nitrogens is 1. The number of carbonyl (C=O) groups excluding carboxylic acids is 3. The summed E-state index contributed by atoms with van der Waals surface area (Å²) in [4.78, 5) is 57.0. The molecule has 1 aromatic heterocycles. The average Bonchev–Trinajstić information content (AvgIpc) is 3.31. The molecule has 41 heavy (non-hydrogen) atoms. The number of anilines is 2. The summed E-state index contributed by atoms with van der Waals surface area (Å²) in [6.45, 7) is 4.33. The van der Waals surface area contributed by atoms with Gasteiger partial charge in [0.05, 0.1) is 24.3 Å². The highest BCUT2D eigenvalue weighted by Crippen LogP contribution is 2.31. The van der Waals surface area contributed by atoms with E-state index in [1.165, 1.54) is 11.1 Å². The summed E-state index contributed by atoms with van der Waals surface area (Å²) in [6.07, 6.45) is 0.456. The van der Waals surface area contributed by atoms with Crippen molar-refractivity contribution in [3.63, 3.8) is 0 Å². The minimum Gasteiger partial charge on any atom is -0.465 e. The molecule has 0 spiro atoms. The molecule has 0 bridgehead atoms. The van der Waals surface area contributed by atoms with Gasteiger partial charge in [-0.3, -0.25) is 19.5 Å². The number of cyclic esters (lactones) is 1. The lowest BCUT2D eigenvalue weighted by atomic mass is 10.0. The molecular formula is C27H32F2N6O6. The maximum absolute atomic E-state index is 15.2. The molecule has 220 valence electrons. The Bertz CT molecular complexity index is 1270. The van der Waals surface area contributed by atoms with Crippen LogP contribution in [0.3, 0.4) is 0 Å². The minimum atomic E-state index is -1.28. The molecule has 3 heterocycles. The van der Waals surface area contributed by atoms with Crippen LogP contribution in [0.1, 0.15) is 30.6 Å². The van der Waals surface area contributed by atoms with Gasteiger partial charge in [0.1, 0.15) is 17.8 Å². The molecule has 0 unspecified atom stereocenters. The molecule has 2 fully saturated rings. The first-order chi connectivity index (χ1) is 19.5. The molecule has 0 aliphatic carbocycles. The summed E-state index contributed by atoms with van der Waals surface area (Å²) >= 11 is 0. The van der Waals surface area contributed by atoms with E-state index in [-0.39, 0.29) is 62.5 Å². The molecule has 2 atom stereocenters. The van der Waals surface area contributed by atoms with Crippen molar-refractivity contribution in [3.8, 4) is 0 Å². The number of amides is 4. The SMILES string of the molecule is CC(C)C[C@H](NC(=O)c1cccnc1)C(=O)N1CCN(c2c(F)cc(N3C[C@H](CNC(=O)O)OC3=O)cc2F)CC1. The number of carbonyl (C=O) groups is 4. The Kier molecular flexibility index (Phi) is 9.20. The summed E-state index contributed by atoms with van der Waals surface area (Å²) < 4.78 is 35.4. The normalized spacial score (nSPS) is 17.8. The number of carboxylic acid groups (broad SMARTS) is 1. The molecule has 3 N–H and O–H groups in total. The van der Waals surface area contributed by atoms with Crippen molar-refractivity contribution >= 4 is 35.4 Å². The van der Waals surface area contributed by atoms with E-state index in [1.54, 1.807) is 23.2 Å². The van der Waals surface area contributed by atoms with Crippen LogP contribution in [0.4, 0.5) is 29.7 Å². The van der Waals surface area contributed by atoms with Crippen LogP contribution in [0, 0.1) is 17.6 Å². The molecule has 4 amide bonds. The Morgan fingerprint density at radius 2 is 1.83 bits per heavy atom. The maximum atomic E-state index is 15.2. The van der Waals surface area contributed by atoms with E-state index in [1.807, 2.05) is 13.8 Å². The number of nitrogens with zero attached hydrogens (tertiary/aromatic N) is 4. The Hall–Kier alpha value is -4.49. The number of rotatable bonds is 9. The highest BCUT2D eigenvalue weighted by molar-refractivity contribution is 5.97. The standard InChI is InChI=1S/C27H32F2N6O6/c1-16(2)10-22(32-24(36)17-4-3-5-30-13-17)25(37)34-8-6-33(7-9-34)23-20(28)11-18(12-21(23)29)35-15-19(41-27(35)40)14-31-26(38)39/h3-5,11-13,16,19,22,31H,6-10,14-15H2,1-2H3,(H,32,36)(H,38,39)/t19-,22-/m0/s1. The fourth-order valence-electron chi connectivity index (χ4n) is 4.85. The lowest BCUT2D eigenvalue weighted by Crippen LogP contribution is -2.55. The van der Waals surface area contributed by atoms with Gasteiger partial charge in [0, 0.05) is 50.7 Å². The lowest BCUT2D eigenvalue weighted by molar-refractivity contribution is -0.134. The molecule has 2 saturated heterocycles. The van der Waals surface area contributed by atoms with Gasteiger partial charge in [-0.05, 0) is 24.5 Å². The van der Waals surface area contributed by atoms with Crippen molar-refractivity contribution in [1.82, 2.24) is 20.5 Å². The van der Waals surface area contributed by atoms with Crippen LogP contribution >= 0.6 is 0 Å². The van der Waals surface area contributed by atoms with Gasteiger partial charge >= 0.3 is 12.2 Å². The lowest BCUT2D eigenvalue weighted by Gasteiger charge is -2.38. The number of hydrogen-bond acceptors (Lipinski definition) is 7. The third kappa shape index (κ3) is 7.18. The molecule has 2 aliphatic rings. The number of nitrogens with one attached hydrogen (secondary N) is 2. The first kappa shape index (κ1) is 29.5. The number of halogens is 2. The van der Waals surface area contributed by atoms with Crippen LogP contribution in [-0.2, 0) is 9.53 Å². The second kappa shape index (κ2) is 12.8. The predicted molar refractivity (Wildman–Crippen MR) is 144 cm³/mol. The number of benzene rings is 1. The molecule has 2 aromatic rings. The van der Waals surface area contributed by atoms with Gasteiger partial charge in [-0.25, -0.2) is 18.4 Å². The van der Waals surface area contributed by atoms with E-state index in [9.17, 15) is 19.2 Å². The van der Waals surface area contributed by atoms with Gasteiger partial charge in [0.15, 0.2) is 11.6 Å². The van der Waals surface area contributed by atoms with E-state index in [0.29, 0.717) is 12.0 Å². The Morgan fingerprint density at radius 1 is 1.15 bits per heavy atom. The van der Waals surface area contributed by atoms with Crippen molar-refractivity contribution in [1.29, 1.82) is 0 Å². The molecule has 1 aromatic carbocycles. The van der Waals surface area contributed by atoms with Crippen LogP contribution in [-0.4, -0.2) is 90.4 Å². The zero-order valence-electron chi connectivity index (χ0n) is 22.7. The van der Waals surface area contributed by atoms with Gasteiger partial charge in [-0.2, -0.15) is 0 Å². The largest absolute Gasteiger partial charge is 0.465 e. The van der Waals surface area contributed by atoms with Crippen LogP contribution in [0.2, 0.25) is 0 Å². The first-order valence-electron chi connectivity index (χ1n) is 13.2. The Labute approximate surface area is 235 Å². The average molecular weight is 575 g/mol. The van der Waals surface area contributed by atoms with Crippen molar-refractivity contribution in [2.24, 2.45) is 5.92 Å². The molecule has 0 radical (unpaired) electrons. The number of pyridine rings is 1. The van der Waals surface area contributed by atoms with E-state index >= 15 is 8.78 Å². The van der Waals surface area contributed by atoms with Crippen LogP contribution in [0.5, 0.6) is 0 Å². The van der Waals surface area contributed by atoms with E-state index < -0.39 is 41.9 Å². The second-order valence-electron chi connectivity index (χ2n) is 10.3. The van der Waals surface area contributed by atoms with Crippen molar-refractivity contribution in [3.05, 3.63) is 53.9 Å². The highest BCUT2D eigenvalue weighted by atomic mass is 19.1. The minimum absolute atomic E-state index is 0.0544. The van der Waals surface area contributed by atoms with E-state index in [4.69, 9.17) is 9.84 Å². The number of hydrogen-bond donors (Lipinski definition) is 3. The zero-order valence-corrected chi connectivity index (χ0v) is 22.7. The van der Waals surface area contributed by atoms with Crippen LogP contribution < -0.4 is 20.4 Å². The van der Waals surface area contributed by atoms with Gasteiger partial charge in [-0.15, -0.1) is 0 Å². The van der Waals surface area contributed by atoms with Gasteiger partial charge < -0.3 is 30.3 Å². The molecule has 4 rings (SSSR count). The summed E-state index contributed by atoms with van der Waals surface area (Å²) in [7, 11) is 0. The monoisotopic (exact) mass is 574 g/mol. The van der Waals surface area contributed by atoms with E-state index in [2.05, 4.69) is 15.6 Å². The Balaban J connectivity index is 1.40. The van der Waals surface area contributed by atoms with Crippen molar-refractivity contribution in [2.45, 2.75) is 32.4 Å². The molecule has 14 heteroatoms. The summed E-state index contributed by atoms with van der Waals surface area (Å²) in [5.41, 5.74) is 0.00491. The molecule has 0 saturated carbocycles. The number of piperazine rings is 1. The summed E-state index contributed by atoms with van der Waals surface area (Å²) in [5, 5.41) is 13.6. The topological polar surface area (TPSA) is 144 Å². The second-order valence-corrected chi connectivity index (χ2v) is 10.3. The quantitative estimate of drug-likeness (QED) is 0.414. The summed E-state index contributed by atoms with van der Waals surface area (Å²) in [5.74, 6) is -2.34.